The van der Waals surface area contributed by atoms with Crippen molar-refractivity contribution in [2.75, 3.05) is 52.7 Å². The Bertz CT molecular complexity index is 669. The van der Waals surface area contributed by atoms with Gasteiger partial charge in [-0.3, -0.25) is 13.9 Å². The van der Waals surface area contributed by atoms with Crippen LogP contribution in [0.3, 0.4) is 0 Å². The standard InChI is InChI=1S/C34H69O4P.C6H15NO3/c1-3-5-7-9-11-13-15-17-19-20-22-24-26-28-30-32-34-38-39(35,36)37-33-31-29-27-25-23-21-18-16-14-12-10-8-6-4-2;8-4-1-7(2-5-9)3-6-10/h17,19H,3-16,18,20-34H2,1-2H3,(H,35,36);8-10H,1-6H2/b19-17+;. The second kappa shape index (κ2) is 43.9. The predicted molar refractivity (Wildman–Crippen MR) is 209 cm³/mol. The molecule has 0 rings (SSSR count). The van der Waals surface area contributed by atoms with Crippen molar-refractivity contribution in [3.63, 3.8) is 0 Å². The lowest BCUT2D eigenvalue weighted by atomic mass is 10.0. The van der Waals surface area contributed by atoms with Crippen LogP contribution in [0, 0.1) is 0 Å². The van der Waals surface area contributed by atoms with Crippen molar-refractivity contribution in [3.05, 3.63) is 12.2 Å². The van der Waals surface area contributed by atoms with Gasteiger partial charge >= 0.3 is 7.82 Å². The highest BCUT2D eigenvalue weighted by Crippen LogP contribution is 2.43. The normalized spacial score (nSPS) is 12.9. The molecule has 0 saturated heterocycles. The van der Waals surface area contributed by atoms with E-state index in [9.17, 15) is 9.46 Å². The quantitative estimate of drug-likeness (QED) is 0.0281. The lowest BCUT2D eigenvalue weighted by Gasteiger charge is -2.17. The van der Waals surface area contributed by atoms with Crippen LogP contribution in [0.1, 0.15) is 194 Å². The van der Waals surface area contributed by atoms with E-state index in [1.807, 2.05) is 0 Å². The van der Waals surface area contributed by atoms with Crippen molar-refractivity contribution >= 4 is 7.82 Å². The first-order valence-electron chi connectivity index (χ1n) is 20.8. The highest BCUT2D eigenvalue weighted by molar-refractivity contribution is 7.47. The van der Waals surface area contributed by atoms with Crippen molar-refractivity contribution in [1.29, 1.82) is 0 Å². The molecule has 0 heterocycles. The van der Waals surface area contributed by atoms with Crippen molar-refractivity contribution in [1.82, 2.24) is 4.90 Å². The second-order valence-electron chi connectivity index (χ2n) is 13.7. The molecule has 0 amide bonds. The summed E-state index contributed by atoms with van der Waals surface area (Å²) >= 11 is 0. The molecule has 0 aliphatic heterocycles. The van der Waals surface area contributed by atoms with Crippen LogP contribution in [-0.2, 0) is 13.6 Å². The van der Waals surface area contributed by atoms with E-state index >= 15 is 0 Å². The zero-order valence-corrected chi connectivity index (χ0v) is 33.4. The van der Waals surface area contributed by atoms with Gasteiger partial charge in [0, 0.05) is 19.6 Å². The van der Waals surface area contributed by atoms with Crippen molar-refractivity contribution in [2.45, 2.75) is 194 Å². The number of hydrogen-bond donors (Lipinski definition) is 4. The molecule has 0 aromatic heterocycles. The molecule has 0 aromatic rings. The van der Waals surface area contributed by atoms with Gasteiger partial charge in [-0.05, 0) is 38.5 Å². The fourth-order valence-corrected chi connectivity index (χ4v) is 6.60. The topological polar surface area (TPSA) is 120 Å². The number of aliphatic hydroxyl groups excluding tert-OH is 3. The highest BCUT2D eigenvalue weighted by atomic mass is 31.2. The van der Waals surface area contributed by atoms with Crippen molar-refractivity contribution in [3.8, 4) is 0 Å². The minimum Gasteiger partial charge on any atom is -0.395 e. The summed E-state index contributed by atoms with van der Waals surface area (Å²) in [7, 11) is -3.88. The molecule has 0 spiro atoms. The summed E-state index contributed by atoms with van der Waals surface area (Å²) < 4.78 is 22.3. The Morgan fingerprint density at radius 2 is 0.714 bits per heavy atom. The van der Waals surface area contributed by atoms with Crippen LogP contribution in [0.15, 0.2) is 12.2 Å². The summed E-state index contributed by atoms with van der Waals surface area (Å²) in [6.45, 7) is 6.93. The van der Waals surface area contributed by atoms with Gasteiger partial charge in [-0.25, -0.2) is 4.57 Å². The first-order chi connectivity index (χ1) is 24.0. The Kier molecular flexibility index (Phi) is 45.5. The minimum absolute atomic E-state index is 0.0694. The number of phosphoric acid groups is 1. The van der Waals surface area contributed by atoms with E-state index in [0.717, 1.165) is 25.7 Å². The van der Waals surface area contributed by atoms with E-state index in [1.54, 1.807) is 4.90 Å². The fourth-order valence-electron chi connectivity index (χ4n) is 5.80. The van der Waals surface area contributed by atoms with E-state index in [2.05, 4.69) is 26.0 Å². The van der Waals surface area contributed by atoms with Gasteiger partial charge in [-0.2, -0.15) is 0 Å². The monoisotopic (exact) mass is 722 g/mol. The summed E-state index contributed by atoms with van der Waals surface area (Å²) in [6, 6.07) is 0. The van der Waals surface area contributed by atoms with Gasteiger partial charge in [0.15, 0.2) is 0 Å². The van der Waals surface area contributed by atoms with Crippen LogP contribution in [-0.4, -0.2) is 77.8 Å². The number of aliphatic hydroxyl groups is 3. The van der Waals surface area contributed by atoms with Crippen molar-refractivity contribution in [2.24, 2.45) is 0 Å². The minimum atomic E-state index is -3.88. The van der Waals surface area contributed by atoms with E-state index in [1.165, 1.54) is 154 Å². The molecule has 296 valence electrons. The Hall–Kier alpha value is -0.310. The lowest BCUT2D eigenvalue weighted by Crippen LogP contribution is -2.32. The molecule has 0 bridgehead atoms. The smallest absolute Gasteiger partial charge is 0.395 e. The Balaban J connectivity index is 0. The number of unbranched alkanes of at least 4 members (excludes halogenated alkanes) is 25. The van der Waals surface area contributed by atoms with Gasteiger partial charge in [0.1, 0.15) is 0 Å². The molecule has 0 radical (unpaired) electrons. The van der Waals surface area contributed by atoms with Crippen LogP contribution in [0.2, 0.25) is 0 Å². The fraction of sp³-hybridized carbons (Fsp3) is 0.950. The Morgan fingerprint density at radius 3 is 1.00 bits per heavy atom. The van der Waals surface area contributed by atoms with Crippen LogP contribution in [0.5, 0.6) is 0 Å². The average molecular weight is 722 g/mol. The first kappa shape index (κ1) is 50.8. The third-order valence-corrected chi connectivity index (χ3v) is 9.93. The maximum absolute atomic E-state index is 12.0. The lowest BCUT2D eigenvalue weighted by molar-refractivity contribution is 0.136. The molecule has 8 nitrogen and oxygen atoms in total. The summed E-state index contributed by atoms with van der Waals surface area (Å²) in [6.07, 6.45) is 40.4. The molecule has 1 unspecified atom stereocenters. The van der Waals surface area contributed by atoms with Crippen LogP contribution >= 0.6 is 7.82 Å². The molecule has 1 atom stereocenters. The molecule has 0 aliphatic rings. The summed E-state index contributed by atoms with van der Waals surface area (Å²) in [5.41, 5.74) is 0. The van der Waals surface area contributed by atoms with Gasteiger partial charge < -0.3 is 20.2 Å². The predicted octanol–water partition coefficient (Wildman–Crippen LogP) is 10.9. The molecular formula is C40H84NO7P. The zero-order chi connectivity index (χ0) is 36.4. The van der Waals surface area contributed by atoms with Crippen LogP contribution in [0.25, 0.3) is 0 Å². The molecule has 0 aliphatic carbocycles. The van der Waals surface area contributed by atoms with Gasteiger partial charge in [0.2, 0.25) is 0 Å². The van der Waals surface area contributed by atoms with E-state index in [-0.39, 0.29) is 19.8 Å². The number of rotatable bonds is 39. The number of hydrogen-bond acceptors (Lipinski definition) is 7. The largest absolute Gasteiger partial charge is 0.472 e. The summed E-state index contributed by atoms with van der Waals surface area (Å²) in [5, 5.41) is 25.5. The summed E-state index contributed by atoms with van der Waals surface area (Å²) in [4.78, 5) is 11.6. The molecule has 9 heteroatoms. The zero-order valence-electron chi connectivity index (χ0n) is 32.5. The molecule has 0 aromatic carbocycles. The number of nitrogens with zero attached hydrogens (tertiary/aromatic N) is 1. The van der Waals surface area contributed by atoms with Crippen LogP contribution in [0.4, 0.5) is 0 Å². The van der Waals surface area contributed by atoms with Gasteiger partial charge in [-0.15, -0.1) is 0 Å². The molecule has 4 N–H and O–H groups in total. The van der Waals surface area contributed by atoms with Gasteiger partial charge in [0.05, 0.1) is 33.0 Å². The number of allylic oxidation sites excluding steroid dienone is 2. The van der Waals surface area contributed by atoms with Crippen LogP contribution < -0.4 is 0 Å². The third-order valence-electron chi connectivity index (χ3n) is 8.91. The van der Waals surface area contributed by atoms with Crippen molar-refractivity contribution < 1.29 is 33.8 Å². The van der Waals surface area contributed by atoms with E-state index < -0.39 is 7.82 Å². The molecule has 49 heavy (non-hydrogen) atoms. The first-order valence-corrected chi connectivity index (χ1v) is 22.3. The Labute approximate surface area is 304 Å². The molecule has 0 saturated carbocycles. The average Bonchev–Trinajstić information content (AvgIpc) is 3.08. The third kappa shape index (κ3) is 45.7. The highest BCUT2D eigenvalue weighted by Gasteiger charge is 2.19. The number of phosphoric ester groups is 1. The maximum Gasteiger partial charge on any atom is 0.472 e. The molecular weight excluding hydrogens is 637 g/mol. The van der Waals surface area contributed by atoms with Gasteiger partial charge in [-0.1, -0.05) is 167 Å². The van der Waals surface area contributed by atoms with Gasteiger partial charge in [0.25, 0.3) is 0 Å². The second-order valence-corrected chi connectivity index (χ2v) is 15.1. The van der Waals surface area contributed by atoms with E-state index in [4.69, 9.17) is 24.4 Å². The van der Waals surface area contributed by atoms with E-state index in [0.29, 0.717) is 32.8 Å². The SMILES string of the molecule is CCCCCCCC/C=C/CCCCCCCCOP(=O)(O)OCCCCCCCCCCCCCCCC.OCCN(CCO)CCO. The molecule has 0 fully saturated rings. The summed E-state index contributed by atoms with van der Waals surface area (Å²) in [5.74, 6) is 0. The maximum atomic E-state index is 12.0. The Morgan fingerprint density at radius 1 is 0.449 bits per heavy atom.